The minimum Gasteiger partial charge on any atom is -0.325 e. The Morgan fingerprint density at radius 1 is 1.32 bits per heavy atom. The predicted molar refractivity (Wildman–Crippen MR) is 83.1 cm³/mol. The number of imidazole rings is 1. The van der Waals surface area contributed by atoms with Crippen molar-refractivity contribution in [1.29, 1.82) is 0 Å². The fraction of sp³-hybridized carbons (Fsp3) is 0.562. The minimum atomic E-state index is 0.536. The monoisotopic (exact) mass is 278 g/mol. The average molecular weight is 279 g/mol. The van der Waals surface area contributed by atoms with E-state index in [4.69, 9.17) is 16.6 Å². The number of aryl methyl sites for hydroxylation is 2. The normalized spacial score (nSPS) is 13.1. The number of halogens is 1. The van der Waals surface area contributed by atoms with Crippen molar-refractivity contribution in [2.45, 2.75) is 52.5 Å². The molecule has 0 radical (unpaired) electrons. The molecule has 1 aromatic carbocycles. The van der Waals surface area contributed by atoms with Gasteiger partial charge in [0.05, 0.1) is 11.0 Å². The lowest BCUT2D eigenvalue weighted by Gasteiger charge is -2.20. The number of alkyl halides is 1. The lowest BCUT2D eigenvalue weighted by atomic mass is 10.1. The highest BCUT2D eigenvalue weighted by Crippen LogP contribution is 2.28. The number of fused-ring (bicyclic) bond motifs is 1. The van der Waals surface area contributed by atoms with Crippen molar-refractivity contribution in [3.63, 3.8) is 0 Å². The maximum absolute atomic E-state index is 5.95. The molecule has 3 heteroatoms. The van der Waals surface area contributed by atoms with Crippen molar-refractivity contribution in [2.24, 2.45) is 0 Å². The highest BCUT2D eigenvalue weighted by molar-refractivity contribution is 6.17. The highest BCUT2D eigenvalue weighted by Gasteiger charge is 2.18. The van der Waals surface area contributed by atoms with Gasteiger partial charge in [0.25, 0.3) is 0 Å². The highest BCUT2D eigenvalue weighted by atomic mass is 35.5. The van der Waals surface area contributed by atoms with Gasteiger partial charge in [-0.15, -0.1) is 11.6 Å². The van der Waals surface area contributed by atoms with Gasteiger partial charge in [-0.25, -0.2) is 4.98 Å². The number of hydrogen-bond acceptors (Lipinski definition) is 1. The minimum absolute atomic E-state index is 0.536. The maximum atomic E-state index is 5.95. The summed E-state index contributed by atoms with van der Waals surface area (Å²) in [7, 11) is 0. The van der Waals surface area contributed by atoms with E-state index >= 15 is 0 Å². The third kappa shape index (κ3) is 2.79. The molecule has 1 heterocycles. The molecule has 1 aromatic heterocycles. The van der Waals surface area contributed by atoms with E-state index < -0.39 is 0 Å². The number of para-hydroxylation sites is 1. The molecule has 19 heavy (non-hydrogen) atoms. The summed E-state index contributed by atoms with van der Waals surface area (Å²) in [6.45, 7) is 6.68. The SMILES string of the molecule is CCCC(CC)n1c(CCCl)nc2cccc(C)c21. The van der Waals surface area contributed by atoms with Crippen molar-refractivity contribution in [1.82, 2.24) is 9.55 Å². The van der Waals surface area contributed by atoms with Crippen LogP contribution in [0, 0.1) is 6.92 Å². The van der Waals surface area contributed by atoms with Crippen molar-refractivity contribution in [2.75, 3.05) is 5.88 Å². The van der Waals surface area contributed by atoms with E-state index in [1.54, 1.807) is 0 Å². The van der Waals surface area contributed by atoms with Crippen LogP contribution in [0.25, 0.3) is 11.0 Å². The second-order valence-electron chi connectivity index (χ2n) is 5.13. The third-order valence-corrected chi connectivity index (χ3v) is 3.95. The summed E-state index contributed by atoms with van der Waals surface area (Å²) in [5.74, 6) is 1.77. The molecular weight excluding hydrogens is 256 g/mol. The molecule has 2 nitrogen and oxygen atoms in total. The Kier molecular flexibility index (Phi) is 4.87. The summed E-state index contributed by atoms with van der Waals surface area (Å²) >= 11 is 5.95. The first-order valence-electron chi connectivity index (χ1n) is 7.25. The number of benzene rings is 1. The van der Waals surface area contributed by atoms with E-state index in [1.165, 1.54) is 23.9 Å². The summed E-state index contributed by atoms with van der Waals surface area (Å²) in [6.07, 6.45) is 4.38. The van der Waals surface area contributed by atoms with Crippen LogP contribution in [0.3, 0.4) is 0 Å². The summed E-state index contributed by atoms with van der Waals surface area (Å²) in [4.78, 5) is 4.79. The molecule has 0 saturated carbocycles. The average Bonchev–Trinajstić information content (AvgIpc) is 2.76. The third-order valence-electron chi connectivity index (χ3n) is 3.76. The zero-order valence-corrected chi connectivity index (χ0v) is 12.9. The largest absolute Gasteiger partial charge is 0.325 e. The smallest absolute Gasteiger partial charge is 0.111 e. The topological polar surface area (TPSA) is 17.8 Å². The summed E-state index contributed by atoms with van der Waals surface area (Å²) < 4.78 is 2.44. The van der Waals surface area contributed by atoms with Crippen molar-refractivity contribution in [3.05, 3.63) is 29.6 Å². The van der Waals surface area contributed by atoms with Crippen molar-refractivity contribution in [3.8, 4) is 0 Å². The lowest BCUT2D eigenvalue weighted by molar-refractivity contribution is 0.445. The summed E-state index contributed by atoms with van der Waals surface area (Å²) in [5, 5.41) is 0. The Hall–Kier alpha value is -1.02. The molecule has 0 aliphatic carbocycles. The molecule has 0 amide bonds. The first-order chi connectivity index (χ1) is 9.22. The van der Waals surface area contributed by atoms with Gasteiger partial charge in [-0.1, -0.05) is 32.4 Å². The quantitative estimate of drug-likeness (QED) is 0.689. The maximum Gasteiger partial charge on any atom is 0.111 e. The van der Waals surface area contributed by atoms with Crippen LogP contribution >= 0.6 is 11.6 Å². The summed E-state index contributed by atoms with van der Waals surface area (Å²) in [6, 6.07) is 6.90. The van der Waals surface area contributed by atoms with E-state index in [9.17, 15) is 0 Å². The van der Waals surface area contributed by atoms with Gasteiger partial charge in [-0.3, -0.25) is 0 Å². The molecule has 2 rings (SSSR count). The van der Waals surface area contributed by atoms with Crippen LogP contribution in [-0.4, -0.2) is 15.4 Å². The molecule has 0 aliphatic rings. The van der Waals surface area contributed by atoms with Crippen LogP contribution in [0.5, 0.6) is 0 Å². The fourth-order valence-corrected chi connectivity index (χ4v) is 3.04. The number of rotatable bonds is 6. The molecule has 104 valence electrons. The standard InChI is InChI=1S/C16H23ClN2/c1-4-7-13(5-2)19-15(10-11-17)18-14-9-6-8-12(3)16(14)19/h6,8-9,13H,4-5,7,10-11H2,1-3H3. The Labute approximate surface area is 120 Å². The molecule has 2 aromatic rings. The van der Waals surface area contributed by atoms with Crippen molar-refractivity contribution < 1.29 is 0 Å². The second kappa shape index (κ2) is 6.42. The second-order valence-corrected chi connectivity index (χ2v) is 5.51. The fourth-order valence-electron chi connectivity index (χ4n) is 2.87. The van der Waals surface area contributed by atoms with E-state index in [-0.39, 0.29) is 0 Å². The molecule has 0 fully saturated rings. The van der Waals surface area contributed by atoms with Gasteiger partial charge in [-0.05, 0) is 31.4 Å². The van der Waals surface area contributed by atoms with Crippen LogP contribution in [0.2, 0.25) is 0 Å². The van der Waals surface area contributed by atoms with E-state index in [2.05, 4.69) is 43.5 Å². The van der Waals surface area contributed by atoms with Gasteiger partial charge in [0.15, 0.2) is 0 Å². The molecule has 0 bridgehead atoms. The number of aromatic nitrogens is 2. The molecule has 0 saturated heterocycles. The predicted octanol–water partition coefficient (Wildman–Crippen LogP) is 4.88. The van der Waals surface area contributed by atoms with Crippen LogP contribution in [-0.2, 0) is 6.42 Å². The summed E-state index contributed by atoms with van der Waals surface area (Å²) in [5.41, 5.74) is 3.71. The van der Waals surface area contributed by atoms with Crippen LogP contribution in [0.4, 0.5) is 0 Å². The first kappa shape index (κ1) is 14.4. The molecule has 0 aliphatic heterocycles. The molecule has 0 spiro atoms. The van der Waals surface area contributed by atoms with Gasteiger partial charge in [0.2, 0.25) is 0 Å². The number of hydrogen-bond donors (Lipinski definition) is 0. The zero-order valence-electron chi connectivity index (χ0n) is 12.1. The van der Waals surface area contributed by atoms with Crippen molar-refractivity contribution >= 4 is 22.6 Å². The Balaban J connectivity index is 2.62. The Morgan fingerprint density at radius 2 is 2.11 bits per heavy atom. The molecule has 1 atom stereocenters. The van der Waals surface area contributed by atoms with Gasteiger partial charge in [-0.2, -0.15) is 0 Å². The lowest BCUT2D eigenvalue weighted by Crippen LogP contribution is -2.12. The van der Waals surface area contributed by atoms with Gasteiger partial charge in [0, 0.05) is 18.3 Å². The van der Waals surface area contributed by atoms with Gasteiger partial charge < -0.3 is 4.57 Å². The van der Waals surface area contributed by atoms with Gasteiger partial charge >= 0.3 is 0 Å². The Bertz CT molecular complexity index is 545. The first-order valence-corrected chi connectivity index (χ1v) is 7.78. The molecule has 1 unspecified atom stereocenters. The van der Waals surface area contributed by atoms with E-state index in [0.717, 1.165) is 24.2 Å². The van der Waals surface area contributed by atoms with E-state index in [1.807, 2.05) is 0 Å². The Morgan fingerprint density at radius 3 is 2.74 bits per heavy atom. The molecular formula is C16H23ClN2. The zero-order chi connectivity index (χ0) is 13.8. The van der Waals surface area contributed by atoms with Crippen LogP contribution in [0.1, 0.15) is 50.5 Å². The van der Waals surface area contributed by atoms with E-state index in [0.29, 0.717) is 11.9 Å². The van der Waals surface area contributed by atoms with Crippen LogP contribution in [0.15, 0.2) is 18.2 Å². The number of nitrogens with zero attached hydrogens (tertiary/aromatic N) is 2. The van der Waals surface area contributed by atoms with Gasteiger partial charge in [0.1, 0.15) is 5.82 Å². The van der Waals surface area contributed by atoms with Crippen LogP contribution < -0.4 is 0 Å². The molecule has 0 N–H and O–H groups in total.